The zero-order valence-corrected chi connectivity index (χ0v) is 17.0. The highest BCUT2D eigenvalue weighted by atomic mass is 19.1. The van der Waals surface area contributed by atoms with Gasteiger partial charge in [0.25, 0.3) is 5.91 Å². The molecule has 158 valence electrons. The second-order valence-corrected chi connectivity index (χ2v) is 7.42. The Morgan fingerprint density at radius 1 is 1.10 bits per heavy atom. The zero-order chi connectivity index (χ0) is 21.6. The Bertz CT molecular complexity index is 902. The number of benzene rings is 2. The summed E-state index contributed by atoms with van der Waals surface area (Å²) in [7, 11) is 0. The van der Waals surface area contributed by atoms with Crippen molar-refractivity contribution in [3.8, 4) is 0 Å². The van der Waals surface area contributed by atoms with E-state index in [2.05, 4.69) is 10.6 Å². The van der Waals surface area contributed by atoms with Crippen molar-refractivity contribution < 1.29 is 18.8 Å². The maximum Gasteiger partial charge on any atom is 0.325 e. The second kappa shape index (κ2) is 9.52. The third-order valence-electron chi connectivity index (χ3n) is 5.30. The minimum atomic E-state index is -1.27. The number of imide groups is 1. The molecule has 1 aliphatic heterocycles. The SMILES string of the molecule is CCCCC1(c2ccc(F)cc2)NC(=O)N(CC(=O)NCCc2ccccc2)C1=O. The Kier molecular flexibility index (Phi) is 6.82. The van der Waals surface area contributed by atoms with Crippen LogP contribution in [0.15, 0.2) is 54.6 Å². The normalized spacial score (nSPS) is 18.4. The lowest BCUT2D eigenvalue weighted by Crippen LogP contribution is -2.45. The molecule has 2 aromatic rings. The van der Waals surface area contributed by atoms with Gasteiger partial charge < -0.3 is 10.6 Å². The quantitative estimate of drug-likeness (QED) is 0.623. The number of hydrogen-bond acceptors (Lipinski definition) is 3. The summed E-state index contributed by atoms with van der Waals surface area (Å²) in [5.74, 6) is -1.30. The third-order valence-corrected chi connectivity index (χ3v) is 5.30. The van der Waals surface area contributed by atoms with Crippen molar-refractivity contribution in [2.45, 2.75) is 38.1 Å². The molecule has 1 heterocycles. The van der Waals surface area contributed by atoms with E-state index in [0.717, 1.165) is 16.9 Å². The average Bonchev–Trinajstić information content (AvgIpc) is 2.98. The highest BCUT2D eigenvalue weighted by Crippen LogP contribution is 2.34. The minimum Gasteiger partial charge on any atom is -0.354 e. The standard InChI is InChI=1S/C23H26FN3O3/c1-2-3-14-23(18-9-11-19(24)12-10-18)21(29)27(22(30)26-23)16-20(28)25-15-13-17-7-5-4-6-8-17/h4-12H,2-3,13-16H2,1H3,(H,25,28)(H,26,30). The Morgan fingerprint density at radius 2 is 1.80 bits per heavy atom. The third kappa shape index (κ3) is 4.67. The predicted molar refractivity (Wildman–Crippen MR) is 111 cm³/mol. The monoisotopic (exact) mass is 411 g/mol. The van der Waals surface area contributed by atoms with Crippen LogP contribution in [0.25, 0.3) is 0 Å². The summed E-state index contributed by atoms with van der Waals surface area (Å²) in [4.78, 5) is 39.1. The van der Waals surface area contributed by atoms with Crippen molar-refractivity contribution in [1.82, 2.24) is 15.5 Å². The van der Waals surface area contributed by atoms with E-state index < -0.39 is 29.2 Å². The molecule has 0 aliphatic carbocycles. The lowest BCUT2D eigenvalue weighted by Gasteiger charge is -2.27. The molecule has 2 N–H and O–H groups in total. The zero-order valence-electron chi connectivity index (χ0n) is 17.0. The highest BCUT2D eigenvalue weighted by molar-refractivity contribution is 6.09. The molecule has 30 heavy (non-hydrogen) atoms. The van der Waals surface area contributed by atoms with Crippen LogP contribution < -0.4 is 10.6 Å². The van der Waals surface area contributed by atoms with Crippen LogP contribution in [0.2, 0.25) is 0 Å². The molecule has 3 rings (SSSR count). The molecule has 1 atom stereocenters. The summed E-state index contributed by atoms with van der Waals surface area (Å²) in [5, 5.41) is 5.51. The van der Waals surface area contributed by atoms with Crippen LogP contribution in [0.1, 0.15) is 37.3 Å². The van der Waals surface area contributed by atoms with E-state index in [1.807, 2.05) is 37.3 Å². The van der Waals surface area contributed by atoms with Crippen molar-refractivity contribution in [2.75, 3.05) is 13.1 Å². The average molecular weight is 411 g/mol. The summed E-state index contributed by atoms with van der Waals surface area (Å²) < 4.78 is 13.4. The molecule has 0 spiro atoms. The van der Waals surface area contributed by atoms with Crippen LogP contribution in [0, 0.1) is 5.82 Å². The van der Waals surface area contributed by atoms with Crippen molar-refractivity contribution in [3.05, 3.63) is 71.5 Å². The van der Waals surface area contributed by atoms with E-state index in [1.54, 1.807) is 0 Å². The Morgan fingerprint density at radius 3 is 2.47 bits per heavy atom. The fourth-order valence-corrected chi connectivity index (χ4v) is 3.65. The van der Waals surface area contributed by atoms with E-state index in [1.165, 1.54) is 24.3 Å². The number of urea groups is 1. The van der Waals surface area contributed by atoms with Crippen LogP contribution in [-0.4, -0.2) is 35.8 Å². The topological polar surface area (TPSA) is 78.5 Å². The maximum atomic E-state index is 13.4. The summed E-state index contributed by atoms with van der Waals surface area (Å²) in [6.45, 7) is 2.04. The summed E-state index contributed by atoms with van der Waals surface area (Å²) in [6.07, 6.45) is 2.56. The first kappa shape index (κ1) is 21.5. The number of nitrogens with one attached hydrogen (secondary N) is 2. The number of halogens is 1. The van der Waals surface area contributed by atoms with Crippen LogP contribution in [0.3, 0.4) is 0 Å². The summed E-state index contributed by atoms with van der Waals surface area (Å²) >= 11 is 0. The van der Waals surface area contributed by atoms with Gasteiger partial charge in [0.1, 0.15) is 17.9 Å². The van der Waals surface area contributed by atoms with Gasteiger partial charge in [0.05, 0.1) is 0 Å². The highest BCUT2D eigenvalue weighted by Gasteiger charge is 2.52. The van der Waals surface area contributed by atoms with Crippen LogP contribution in [0.5, 0.6) is 0 Å². The first-order chi connectivity index (χ1) is 14.5. The number of carbonyl (C=O) groups is 3. The fraction of sp³-hybridized carbons (Fsp3) is 0.348. The number of rotatable bonds is 9. The van der Waals surface area contributed by atoms with Crippen LogP contribution in [0.4, 0.5) is 9.18 Å². The predicted octanol–water partition coefficient (Wildman–Crippen LogP) is 3.12. The van der Waals surface area contributed by atoms with E-state index in [9.17, 15) is 18.8 Å². The van der Waals surface area contributed by atoms with Crippen molar-refractivity contribution in [1.29, 1.82) is 0 Å². The molecule has 0 radical (unpaired) electrons. The number of amides is 4. The molecule has 0 bridgehead atoms. The molecule has 1 saturated heterocycles. The van der Waals surface area contributed by atoms with Gasteiger partial charge in [-0.1, -0.05) is 62.2 Å². The van der Waals surface area contributed by atoms with Gasteiger partial charge in [-0.3, -0.25) is 14.5 Å². The molecule has 7 heteroatoms. The molecule has 0 saturated carbocycles. The first-order valence-corrected chi connectivity index (χ1v) is 10.2. The van der Waals surface area contributed by atoms with E-state index in [-0.39, 0.29) is 6.54 Å². The number of carbonyl (C=O) groups excluding carboxylic acids is 3. The van der Waals surface area contributed by atoms with Gasteiger partial charge in [0.15, 0.2) is 0 Å². The van der Waals surface area contributed by atoms with Gasteiger partial charge >= 0.3 is 6.03 Å². The van der Waals surface area contributed by atoms with Crippen LogP contribution in [-0.2, 0) is 21.5 Å². The van der Waals surface area contributed by atoms with Gasteiger partial charge in [0.2, 0.25) is 5.91 Å². The molecule has 2 aromatic carbocycles. The maximum absolute atomic E-state index is 13.4. The van der Waals surface area contributed by atoms with Crippen LogP contribution >= 0.6 is 0 Å². The molecule has 0 aromatic heterocycles. The van der Waals surface area contributed by atoms with E-state index in [0.29, 0.717) is 31.4 Å². The Balaban J connectivity index is 1.68. The van der Waals surface area contributed by atoms with Crippen molar-refractivity contribution in [2.24, 2.45) is 0 Å². The number of hydrogen-bond donors (Lipinski definition) is 2. The smallest absolute Gasteiger partial charge is 0.325 e. The molecule has 1 fully saturated rings. The molecule has 4 amide bonds. The van der Waals surface area contributed by atoms with Gasteiger partial charge in [-0.05, 0) is 36.1 Å². The molecule has 6 nitrogen and oxygen atoms in total. The number of unbranched alkanes of at least 4 members (excludes halogenated alkanes) is 1. The van der Waals surface area contributed by atoms with Gasteiger partial charge in [0, 0.05) is 6.54 Å². The Labute approximate surface area is 175 Å². The van der Waals surface area contributed by atoms with Gasteiger partial charge in [-0.2, -0.15) is 0 Å². The first-order valence-electron chi connectivity index (χ1n) is 10.2. The molecule has 1 unspecified atom stereocenters. The largest absolute Gasteiger partial charge is 0.354 e. The lowest BCUT2D eigenvalue weighted by molar-refractivity contribution is -0.135. The van der Waals surface area contributed by atoms with E-state index >= 15 is 0 Å². The molecular weight excluding hydrogens is 385 g/mol. The van der Waals surface area contributed by atoms with Crippen molar-refractivity contribution >= 4 is 17.8 Å². The van der Waals surface area contributed by atoms with Gasteiger partial charge in [-0.15, -0.1) is 0 Å². The Hall–Kier alpha value is -3.22. The fourth-order valence-electron chi connectivity index (χ4n) is 3.65. The summed E-state index contributed by atoms with van der Waals surface area (Å²) in [6, 6.07) is 14.6. The van der Waals surface area contributed by atoms with Crippen molar-refractivity contribution in [3.63, 3.8) is 0 Å². The number of nitrogens with zero attached hydrogens (tertiary/aromatic N) is 1. The minimum absolute atomic E-state index is 0.353. The molecular formula is C23H26FN3O3. The lowest BCUT2D eigenvalue weighted by atomic mass is 9.85. The van der Waals surface area contributed by atoms with E-state index in [4.69, 9.17) is 0 Å². The second-order valence-electron chi connectivity index (χ2n) is 7.42. The van der Waals surface area contributed by atoms with Gasteiger partial charge in [-0.25, -0.2) is 9.18 Å². The summed E-state index contributed by atoms with van der Waals surface area (Å²) in [5.41, 5.74) is 0.329. The molecule has 1 aliphatic rings.